The molecule has 0 unspecified atom stereocenters. The molecule has 1 aromatic carbocycles. The number of benzene rings is 1. The molecule has 2 aromatic heterocycles. The van der Waals surface area contributed by atoms with E-state index in [1.807, 2.05) is 6.92 Å². The third-order valence-corrected chi connectivity index (χ3v) is 3.39. The van der Waals surface area contributed by atoms with E-state index in [-0.39, 0.29) is 5.82 Å². The lowest BCUT2D eigenvalue weighted by Crippen LogP contribution is -2.04. The Morgan fingerprint density at radius 3 is 2.95 bits per heavy atom. The molecule has 0 amide bonds. The molecule has 0 bridgehead atoms. The number of hydrogen-bond donors (Lipinski definition) is 1. The third-order valence-electron chi connectivity index (χ3n) is 2.78. The molecule has 2 heterocycles. The number of anilines is 1. The van der Waals surface area contributed by atoms with Crippen molar-refractivity contribution in [2.45, 2.75) is 13.5 Å². The first-order valence-corrected chi connectivity index (χ1v) is 6.36. The standard InChI is InChI=1S/C12H10BrFN4O/c1-6-4-16-11(19-6)5-18-10-3-8(14)7(13)2-9(10)17-12(18)15/h2-4H,5H2,1H3,(H2,15,17). The van der Waals surface area contributed by atoms with Crippen LogP contribution in [0.15, 0.2) is 27.2 Å². The summed E-state index contributed by atoms with van der Waals surface area (Å²) in [4.78, 5) is 8.30. The van der Waals surface area contributed by atoms with E-state index in [1.165, 1.54) is 6.07 Å². The van der Waals surface area contributed by atoms with Gasteiger partial charge in [0.25, 0.3) is 0 Å². The molecule has 0 aliphatic rings. The zero-order valence-electron chi connectivity index (χ0n) is 10.0. The van der Waals surface area contributed by atoms with Gasteiger partial charge in [0.15, 0.2) is 0 Å². The van der Waals surface area contributed by atoms with Crippen molar-refractivity contribution < 1.29 is 8.81 Å². The summed E-state index contributed by atoms with van der Waals surface area (Å²) in [7, 11) is 0. The number of aromatic nitrogens is 3. The number of aryl methyl sites for hydroxylation is 1. The molecule has 7 heteroatoms. The fourth-order valence-corrected chi connectivity index (χ4v) is 2.25. The second-order valence-electron chi connectivity index (χ2n) is 4.18. The minimum atomic E-state index is -0.364. The van der Waals surface area contributed by atoms with Crippen LogP contribution in [0.2, 0.25) is 0 Å². The lowest BCUT2D eigenvalue weighted by molar-refractivity contribution is 0.460. The molecule has 0 aliphatic heterocycles. The van der Waals surface area contributed by atoms with Gasteiger partial charge in [0.05, 0.1) is 21.7 Å². The van der Waals surface area contributed by atoms with Gasteiger partial charge in [0.2, 0.25) is 11.8 Å². The number of halogens is 2. The van der Waals surface area contributed by atoms with Crippen LogP contribution in [0.4, 0.5) is 10.3 Å². The van der Waals surface area contributed by atoms with Gasteiger partial charge < -0.3 is 14.7 Å². The highest BCUT2D eigenvalue weighted by atomic mass is 79.9. The first-order chi connectivity index (χ1) is 9.04. The summed E-state index contributed by atoms with van der Waals surface area (Å²) >= 11 is 3.12. The number of rotatable bonds is 2. The third kappa shape index (κ3) is 2.10. The first kappa shape index (κ1) is 12.2. The van der Waals surface area contributed by atoms with E-state index in [0.29, 0.717) is 39.7 Å². The second kappa shape index (κ2) is 4.34. The van der Waals surface area contributed by atoms with Crippen molar-refractivity contribution in [1.82, 2.24) is 14.5 Å². The number of nitrogens with two attached hydrogens (primary N) is 1. The van der Waals surface area contributed by atoms with Crippen molar-refractivity contribution in [1.29, 1.82) is 0 Å². The molecule has 0 aliphatic carbocycles. The maximum absolute atomic E-state index is 13.6. The maximum atomic E-state index is 13.6. The van der Waals surface area contributed by atoms with Crippen LogP contribution in [-0.2, 0) is 6.54 Å². The van der Waals surface area contributed by atoms with E-state index in [9.17, 15) is 4.39 Å². The molecule has 0 spiro atoms. The second-order valence-corrected chi connectivity index (χ2v) is 5.03. The Bertz CT molecular complexity index is 765. The molecule has 3 aromatic rings. The predicted molar refractivity (Wildman–Crippen MR) is 72.1 cm³/mol. The average molecular weight is 325 g/mol. The molecule has 19 heavy (non-hydrogen) atoms. The summed E-state index contributed by atoms with van der Waals surface area (Å²) in [5.41, 5.74) is 7.08. The summed E-state index contributed by atoms with van der Waals surface area (Å²) < 4.78 is 21.0. The van der Waals surface area contributed by atoms with Crippen LogP contribution in [0.25, 0.3) is 11.0 Å². The number of nitrogen functional groups attached to an aromatic ring is 1. The van der Waals surface area contributed by atoms with Crippen LogP contribution in [0, 0.1) is 12.7 Å². The molecule has 0 atom stereocenters. The SMILES string of the molecule is Cc1cnc(Cn2c(N)nc3cc(Br)c(F)cc32)o1. The highest BCUT2D eigenvalue weighted by Gasteiger charge is 2.13. The van der Waals surface area contributed by atoms with Gasteiger partial charge in [0, 0.05) is 6.07 Å². The Morgan fingerprint density at radius 1 is 1.47 bits per heavy atom. The molecule has 98 valence electrons. The molecule has 5 nitrogen and oxygen atoms in total. The Labute approximate surface area is 116 Å². The van der Waals surface area contributed by atoms with E-state index >= 15 is 0 Å². The molecular weight excluding hydrogens is 315 g/mol. The van der Waals surface area contributed by atoms with Gasteiger partial charge >= 0.3 is 0 Å². The summed E-state index contributed by atoms with van der Waals surface area (Å²) in [6.07, 6.45) is 1.63. The van der Waals surface area contributed by atoms with Crippen molar-refractivity contribution in [3.63, 3.8) is 0 Å². The van der Waals surface area contributed by atoms with E-state index < -0.39 is 0 Å². The number of fused-ring (bicyclic) bond motifs is 1. The van der Waals surface area contributed by atoms with Crippen LogP contribution in [-0.4, -0.2) is 14.5 Å². The van der Waals surface area contributed by atoms with Crippen LogP contribution < -0.4 is 5.73 Å². The molecule has 3 rings (SSSR count). The minimum absolute atomic E-state index is 0.295. The number of hydrogen-bond acceptors (Lipinski definition) is 4. The van der Waals surface area contributed by atoms with Crippen LogP contribution >= 0.6 is 15.9 Å². The Morgan fingerprint density at radius 2 is 2.26 bits per heavy atom. The van der Waals surface area contributed by atoms with Crippen LogP contribution in [0.3, 0.4) is 0 Å². The molecular formula is C12H10BrFN4O. The molecule has 2 N–H and O–H groups in total. The predicted octanol–water partition coefficient (Wildman–Crippen LogP) is 2.86. The van der Waals surface area contributed by atoms with Crippen molar-refractivity contribution in [3.8, 4) is 0 Å². The quantitative estimate of drug-likeness (QED) is 0.786. The van der Waals surface area contributed by atoms with Crippen molar-refractivity contribution in [3.05, 3.63) is 40.3 Å². The highest BCUT2D eigenvalue weighted by Crippen LogP contribution is 2.25. The lowest BCUT2D eigenvalue weighted by atomic mass is 10.3. The van der Waals surface area contributed by atoms with Crippen molar-refractivity contribution in [2.75, 3.05) is 5.73 Å². The maximum Gasteiger partial charge on any atom is 0.214 e. The largest absolute Gasteiger partial charge is 0.444 e. The number of imidazole rings is 1. The van der Waals surface area contributed by atoms with E-state index in [2.05, 4.69) is 25.9 Å². The first-order valence-electron chi connectivity index (χ1n) is 5.56. The molecule has 0 saturated carbocycles. The average Bonchev–Trinajstić information content (AvgIpc) is 2.87. The number of oxazole rings is 1. The summed E-state index contributed by atoms with van der Waals surface area (Å²) in [6, 6.07) is 2.98. The van der Waals surface area contributed by atoms with Crippen molar-refractivity contribution in [2.24, 2.45) is 0 Å². The Kier molecular flexibility index (Phi) is 2.78. The molecule has 0 saturated heterocycles. The van der Waals surface area contributed by atoms with E-state index in [1.54, 1.807) is 16.8 Å². The summed E-state index contributed by atoms with van der Waals surface area (Å²) in [6.45, 7) is 2.12. The van der Waals surface area contributed by atoms with Gasteiger partial charge in [-0.25, -0.2) is 14.4 Å². The normalized spacial score (nSPS) is 11.3. The monoisotopic (exact) mass is 324 g/mol. The number of nitrogens with zero attached hydrogens (tertiary/aromatic N) is 3. The topological polar surface area (TPSA) is 69.9 Å². The van der Waals surface area contributed by atoms with Crippen LogP contribution in [0.5, 0.6) is 0 Å². The van der Waals surface area contributed by atoms with E-state index in [0.717, 1.165) is 0 Å². The van der Waals surface area contributed by atoms with Crippen molar-refractivity contribution >= 4 is 32.9 Å². The van der Waals surface area contributed by atoms with Gasteiger partial charge in [-0.2, -0.15) is 0 Å². The lowest BCUT2D eigenvalue weighted by Gasteiger charge is -2.03. The van der Waals surface area contributed by atoms with Gasteiger partial charge in [-0.3, -0.25) is 0 Å². The van der Waals surface area contributed by atoms with Crippen LogP contribution in [0.1, 0.15) is 11.7 Å². The summed E-state index contributed by atoms with van der Waals surface area (Å²) in [5.74, 6) is 1.15. The minimum Gasteiger partial charge on any atom is -0.444 e. The smallest absolute Gasteiger partial charge is 0.214 e. The van der Waals surface area contributed by atoms with Gasteiger partial charge in [-0.1, -0.05) is 0 Å². The zero-order valence-corrected chi connectivity index (χ0v) is 11.6. The molecule has 0 radical (unpaired) electrons. The Balaban J connectivity index is 2.12. The van der Waals surface area contributed by atoms with Gasteiger partial charge in [-0.15, -0.1) is 0 Å². The Hall–Kier alpha value is -1.89. The summed E-state index contributed by atoms with van der Waals surface area (Å²) in [5, 5.41) is 0. The van der Waals surface area contributed by atoms with Gasteiger partial charge in [-0.05, 0) is 28.9 Å². The van der Waals surface area contributed by atoms with E-state index in [4.69, 9.17) is 10.2 Å². The molecule has 0 fully saturated rings. The fourth-order valence-electron chi connectivity index (χ4n) is 1.91. The zero-order chi connectivity index (χ0) is 13.6. The van der Waals surface area contributed by atoms with Gasteiger partial charge in [0.1, 0.15) is 18.1 Å². The fraction of sp³-hybridized carbons (Fsp3) is 0.167. The highest BCUT2D eigenvalue weighted by molar-refractivity contribution is 9.10.